The number of halogens is 1. The third-order valence-electron chi connectivity index (χ3n) is 4.76. The molecule has 2 heterocycles. The van der Waals surface area contributed by atoms with Gasteiger partial charge in [-0.3, -0.25) is 4.90 Å². The van der Waals surface area contributed by atoms with E-state index in [4.69, 9.17) is 0 Å². The van der Waals surface area contributed by atoms with Crippen LogP contribution in [0.4, 0.5) is 0 Å². The number of nitrogens with one attached hydrogen (secondary N) is 1. The Morgan fingerprint density at radius 2 is 1.96 bits per heavy atom. The fraction of sp³-hybridized carbons (Fsp3) is 0.625. The number of likely N-dealkylation sites (tertiary alicyclic amines) is 1. The topological polar surface area (TPSA) is 49.4 Å². The number of sulfonamides is 1. The highest BCUT2D eigenvalue weighted by Crippen LogP contribution is 2.27. The van der Waals surface area contributed by atoms with Crippen LogP contribution >= 0.6 is 27.7 Å². The molecule has 1 aromatic rings. The molecule has 1 atom stereocenters. The third-order valence-corrected chi connectivity index (χ3v) is 8.34. The second-order valence-corrected chi connectivity index (χ2v) is 10.0. The summed E-state index contributed by atoms with van der Waals surface area (Å²) in [5.41, 5.74) is 0. The SMILES string of the molecule is O=S(=O)(NCC1CCN([C@@H]2CCSC2)CC1)c1ccccc1Br. The molecule has 7 heteroatoms. The van der Waals surface area contributed by atoms with Crippen LogP contribution in [-0.4, -0.2) is 50.5 Å². The Labute approximate surface area is 151 Å². The Morgan fingerprint density at radius 1 is 1.22 bits per heavy atom. The van der Waals surface area contributed by atoms with E-state index in [9.17, 15) is 8.42 Å². The smallest absolute Gasteiger partial charge is 0.241 e. The van der Waals surface area contributed by atoms with Crippen molar-refractivity contribution >= 4 is 37.7 Å². The van der Waals surface area contributed by atoms with Crippen LogP contribution in [0.1, 0.15) is 19.3 Å². The van der Waals surface area contributed by atoms with Crippen LogP contribution in [-0.2, 0) is 10.0 Å². The maximum atomic E-state index is 12.4. The number of piperidine rings is 1. The number of rotatable bonds is 5. The van der Waals surface area contributed by atoms with Crippen LogP contribution in [0.15, 0.2) is 33.6 Å². The first-order chi connectivity index (χ1) is 11.1. The van der Waals surface area contributed by atoms with Crippen LogP contribution < -0.4 is 4.72 Å². The monoisotopic (exact) mass is 418 g/mol. The van der Waals surface area contributed by atoms with E-state index >= 15 is 0 Å². The Hall–Kier alpha value is -0.0800. The first-order valence-electron chi connectivity index (χ1n) is 8.12. The zero-order valence-electron chi connectivity index (χ0n) is 13.1. The van der Waals surface area contributed by atoms with Gasteiger partial charge in [0.1, 0.15) is 0 Å². The lowest BCUT2D eigenvalue weighted by Gasteiger charge is -2.35. The van der Waals surface area contributed by atoms with Gasteiger partial charge in [0.2, 0.25) is 10.0 Å². The number of hydrogen-bond acceptors (Lipinski definition) is 4. The van der Waals surface area contributed by atoms with E-state index < -0.39 is 10.0 Å². The summed E-state index contributed by atoms with van der Waals surface area (Å²) in [5, 5.41) is 0. The molecular weight excluding hydrogens is 396 g/mol. The molecule has 0 amide bonds. The van der Waals surface area contributed by atoms with E-state index in [1.807, 2.05) is 6.07 Å². The van der Waals surface area contributed by atoms with Gasteiger partial charge in [0.25, 0.3) is 0 Å². The van der Waals surface area contributed by atoms with Crippen LogP contribution in [0, 0.1) is 5.92 Å². The molecule has 0 radical (unpaired) electrons. The standard InChI is InChI=1S/C16H23BrN2O2S2/c17-15-3-1-2-4-16(15)23(20,21)18-11-13-5-8-19(9-6-13)14-7-10-22-12-14/h1-4,13-14,18H,5-12H2/t14-/m1/s1. The van der Waals surface area contributed by atoms with E-state index in [0.29, 0.717) is 21.8 Å². The average Bonchev–Trinajstić information content (AvgIpc) is 3.08. The van der Waals surface area contributed by atoms with Gasteiger partial charge in [-0.1, -0.05) is 12.1 Å². The Balaban J connectivity index is 1.50. The van der Waals surface area contributed by atoms with Gasteiger partial charge in [-0.2, -0.15) is 11.8 Å². The molecule has 128 valence electrons. The maximum absolute atomic E-state index is 12.4. The summed E-state index contributed by atoms with van der Waals surface area (Å²) in [6.45, 7) is 2.75. The molecule has 23 heavy (non-hydrogen) atoms. The van der Waals surface area contributed by atoms with Crippen LogP contribution in [0.25, 0.3) is 0 Å². The van der Waals surface area contributed by atoms with Crippen molar-refractivity contribution in [3.05, 3.63) is 28.7 Å². The van der Waals surface area contributed by atoms with Crippen molar-refractivity contribution in [3.63, 3.8) is 0 Å². The summed E-state index contributed by atoms with van der Waals surface area (Å²) in [5.74, 6) is 2.99. The summed E-state index contributed by atoms with van der Waals surface area (Å²) in [7, 11) is -3.43. The Morgan fingerprint density at radius 3 is 2.61 bits per heavy atom. The zero-order chi connectivity index (χ0) is 16.3. The Bertz CT molecular complexity index is 625. The van der Waals surface area contributed by atoms with Crippen molar-refractivity contribution in [3.8, 4) is 0 Å². The minimum absolute atomic E-state index is 0.320. The number of hydrogen-bond donors (Lipinski definition) is 1. The highest BCUT2D eigenvalue weighted by Gasteiger charge is 2.28. The van der Waals surface area contributed by atoms with Crippen LogP contribution in [0.3, 0.4) is 0 Å². The van der Waals surface area contributed by atoms with Gasteiger partial charge in [0.15, 0.2) is 0 Å². The minimum atomic E-state index is -3.43. The van der Waals surface area contributed by atoms with E-state index in [0.717, 1.165) is 32.0 Å². The molecule has 2 saturated heterocycles. The number of nitrogens with zero attached hydrogens (tertiary/aromatic N) is 1. The van der Waals surface area contributed by atoms with Gasteiger partial charge >= 0.3 is 0 Å². The molecule has 0 aliphatic carbocycles. The molecule has 4 nitrogen and oxygen atoms in total. The first-order valence-corrected chi connectivity index (χ1v) is 11.6. The number of benzene rings is 1. The predicted molar refractivity (Wildman–Crippen MR) is 99.4 cm³/mol. The normalized spacial score (nSPS) is 24.1. The van der Waals surface area contributed by atoms with Crippen molar-refractivity contribution in [1.82, 2.24) is 9.62 Å². The third kappa shape index (κ3) is 4.51. The number of thioether (sulfide) groups is 1. The minimum Gasteiger partial charge on any atom is -0.300 e. The van der Waals surface area contributed by atoms with Crippen molar-refractivity contribution in [2.24, 2.45) is 5.92 Å². The lowest BCUT2D eigenvalue weighted by molar-refractivity contribution is 0.145. The molecule has 0 aromatic heterocycles. The van der Waals surface area contributed by atoms with E-state index in [-0.39, 0.29) is 0 Å². The summed E-state index contributed by atoms with van der Waals surface area (Å²) in [6, 6.07) is 7.70. The quantitative estimate of drug-likeness (QED) is 0.798. The van der Waals surface area contributed by atoms with E-state index in [1.165, 1.54) is 17.9 Å². The van der Waals surface area contributed by atoms with Crippen LogP contribution in [0.2, 0.25) is 0 Å². The lowest BCUT2D eigenvalue weighted by atomic mass is 9.96. The average molecular weight is 419 g/mol. The predicted octanol–water partition coefficient (Wildman–Crippen LogP) is 2.94. The highest BCUT2D eigenvalue weighted by molar-refractivity contribution is 9.10. The lowest BCUT2D eigenvalue weighted by Crippen LogP contribution is -2.43. The maximum Gasteiger partial charge on any atom is 0.241 e. The van der Waals surface area contributed by atoms with Gasteiger partial charge in [-0.15, -0.1) is 0 Å². The first kappa shape index (κ1) is 17.7. The molecule has 1 N–H and O–H groups in total. The van der Waals surface area contributed by atoms with E-state index in [2.05, 4.69) is 37.3 Å². The van der Waals surface area contributed by atoms with Gasteiger partial charge in [-0.05, 0) is 72.1 Å². The van der Waals surface area contributed by atoms with Crippen molar-refractivity contribution in [2.75, 3.05) is 31.1 Å². The largest absolute Gasteiger partial charge is 0.300 e. The molecular formula is C16H23BrN2O2S2. The summed E-state index contributed by atoms with van der Waals surface area (Å²) < 4.78 is 28.2. The summed E-state index contributed by atoms with van der Waals surface area (Å²) in [6.07, 6.45) is 3.48. The highest BCUT2D eigenvalue weighted by atomic mass is 79.9. The molecule has 3 rings (SSSR count). The molecule has 2 fully saturated rings. The molecule has 0 saturated carbocycles. The molecule has 1 aromatic carbocycles. The molecule has 0 spiro atoms. The van der Waals surface area contributed by atoms with Gasteiger partial charge in [0.05, 0.1) is 4.90 Å². The fourth-order valence-electron chi connectivity index (χ4n) is 3.30. The molecule has 2 aliphatic heterocycles. The molecule has 0 unspecified atom stereocenters. The fourth-order valence-corrected chi connectivity index (χ4v) is 6.67. The summed E-state index contributed by atoms with van der Waals surface area (Å²) >= 11 is 5.37. The molecule has 0 bridgehead atoms. The van der Waals surface area contributed by atoms with Crippen LogP contribution in [0.5, 0.6) is 0 Å². The van der Waals surface area contributed by atoms with Crippen molar-refractivity contribution < 1.29 is 8.42 Å². The Kier molecular flexibility index (Phi) is 6.07. The van der Waals surface area contributed by atoms with E-state index in [1.54, 1.807) is 18.2 Å². The van der Waals surface area contributed by atoms with Gasteiger partial charge in [-0.25, -0.2) is 13.1 Å². The van der Waals surface area contributed by atoms with Crippen molar-refractivity contribution in [1.29, 1.82) is 0 Å². The van der Waals surface area contributed by atoms with Gasteiger partial charge in [0, 0.05) is 22.8 Å². The zero-order valence-corrected chi connectivity index (χ0v) is 16.3. The summed E-state index contributed by atoms with van der Waals surface area (Å²) in [4.78, 5) is 2.92. The second kappa shape index (κ2) is 7.87. The van der Waals surface area contributed by atoms with Crippen molar-refractivity contribution in [2.45, 2.75) is 30.2 Å². The molecule has 2 aliphatic rings. The van der Waals surface area contributed by atoms with Gasteiger partial charge < -0.3 is 0 Å². The second-order valence-electron chi connectivity index (χ2n) is 6.28.